The Labute approximate surface area is 181 Å². The average Bonchev–Trinajstić information content (AvgIpc) is 3.20. The molecule has 0 aliphatic carbocycles. The summed E-state index contributed by atoms with van der Waals surface area (Å²) in [6.45, 7) is 5.74. The van der Waals surface area contributed by atoms with Crippen LogP contribution in [0, 0.1) is 26.6 Å². The van der Waals surface area contributed by atoms with Crippen LogP contribution in [0.1, 0.15) is 41.5 Å². The van der Waals surface area contributed by atoms with Crippen molar-refractivity contribution in [2.24, 2.45) is 0 Å². The first-order valence-corrected chi connectivity index (χ1v) is 11.5. The fraction of sp³-hybridized carbons (Fsp3) is 0.318. The number of benzene rings is 1. The number of pyridine rings is 1. The van der Waals surface area contributed by atoms with Crippen molar-refractivity contribution in [2.75, 3.05) is 11.9 Å². The summed E-state index contributed by atoms with van der Waals surface area (Å²) in [5, 5.41) is 3.10. The number of aryl methyl sites for hydroxylation is 3. The number of aromatic nitrogens is 3. The van der Waals surface area contributed by atoms with Gasteiger partial charge in [0.25, 0.3) is 0 Å². The predicted octanol–water partition coefficient (Wildman–Crippen LogP) is 4.21. The van der Waals surface area contributed by atoms with Crippen LogP contribution >= 0.6 is 0 Å². The van der Waals surface area contributed by atoms with Crippen molar-refractivity contribution in [1.82, 2.24) is 19.3 Å². The van der Waals surface area contributed by atoms with Crippen LogP contribution in [0.25, 0.3) is 0 Å². The molecule has 7 nitrogen and oxygen atoms in total. The molecule has 1 atom stereocenters. The molecule has 0 bridgehead atoms. The van der Waals surface area contributed by atoms with E-state index in [1.165, 1.54) is 16.4 Å². The number of nitrogens with one attached hydrogen (secondary N) is 1. The Balaban J connectivity index is 1.63. The summed E-state index contributed by atoms with van der Waals surface area (Å²) in [6.07, 6.45) is 1.35. The lowest BCUT2D eigenvalue weighted by Gasteiger charge is -2.24. The molecule has 4 rings (SSSR count). The maximum absolute atomic E-state index is 14.0. The molecule has 1 aliphatic heterocycles. The number of sulfonamides is 1. The SMILES string of the molecule is Cc1cc(C)nc(Nc2cccc(C3CCCN3S(=O)(=O)c3ccc(C)c(F)c3)n2)n1. The molecule has 9 heteroatoms. The normalized spacial score (nSPS) is 17.1. The quantitative estimate of drug-likeness (QED) is 0.638. The van der Waals surface area contributed by atoms with Crippen LogP contribution < -0.4 is 5.32 Å². The highest BCUT2D eigenvalue weighted by molar-refractivity contribution is 7.89. The highest BCUT2D eigenvalue weighted by atomic mass is 32.2. The van der Waals surface area contributed by atoms with Crippen LogP contribution in [0.4, 0.5) is 16.2 Å². The first kappa shape index (κ1) is 21.3. The lowest BCUT2D eigenvalue weighted by molar-refractivity contribution is 0.390. The molecule has 31 heavy (non-hydrogen) atoms. The van der Waals surface area contributed by atoms with E-state index in [9.17, 15) is 12.8 Å². The molecule has 0 spiro atoms. The second kappa shape index (κ2) is 8.32. The van der Waals surface area contributed by atoms with Gasteiger partial charge in [-0.25, -0.2) is 27.8 Å². The van der Waals surface area contributed by atoms with Crippen molar-refractivity contribution in [1.29, 1.82) is 0 Å². The largest absolute Gasteiger partial charge is 0.309 e. The molecular formula is C22H24FN5O2S. The second-order valence-electron chi connectivity index (χ2n) is 7.73. The Hall–Kier alpha value is -2.91. The molecule has 0 amide bonds. The van der Waals surface area contributed by atoms with Gasteiger partial charge in [-0.3, -0.25) is 0 Å². The van der Waals surface area contributed by atoms with Crippen LogP contribution in [-0.2, 0) is 10.0 Å². The van der Waals surface area contributed by atoms with E-state index in [1.54, 1.807) is 13.0 Å². The third kappa shape index (κ3) is 4.42. The Morgan fingerprint density at radius 3 is 2.48 bits per heavy atom. The van der Waals surface area contributed by atoms with E-state index < -0.39 is 21.9 Å². The molecule has 3 heterocycles. The van der Waals surface area contributed by atoms with Crippen molar-refractivity contribution in [3.63, 3.8) is 0 Å². The average molecular weight is 442 g/mol. The number of hydrogen-bond acceptors (Lipinski definition) is 6. The molecule has 1 aliphatic rings. The number of rotatable bonds is 5. The Bertz CT molecular complexity index is 1210. The van der Waals surface area contributed by atoms with Gasteiger partial charge in [-0.05, 0) is 69.5 Å². The maximum Gasteiger partial charge on any atom is 0.243 e. The maximum atomic E-state index is 14.0. The molecular weight excluding hydrogens is 417 g/mol. The molecule has 1 saturated heterocycles. The van der Waals surface area contributed by atoms with Crippen LogP contribution in [0.5, 0.6) is 0 Å². The monoisotopic (exact) mass is 441 g/mol. The zero-order valence-corrected chi connectivity index (χ0v) is 18.4. The summed E-state index contributed by atoms with van der Waals surface area (Å²) >= 11 is 0. The zero-order chi connectivity index (χ0) is 22.2. The fourth-order valence-electron chi connectivity index (χ4n) is 3.80. The van der Waals surface area contributed by atoms with E-state index in [4.69, 9.17) is 0 Å². The Morgan fingerprint density at radius 1 is 1.03 bits per heavy atom. The zero-order valence-electron chi connectivity index (χ0n) is 17.6. The van der Waals surface area contributed by atoms with Gasteiger partial charge in [0.1, 0.15) is 11.6 Å². The predicted molar refractivity (Wildman–Crippen MR) is 116 cm³/mol. The second-order valence-corrected chi connectivity index (χ2v) is 9.62. The summed E-state index contributed by atoms with van der Waals surface area (Å²) in [6, 6.07) is 10.9. The molecule has 1 fully saturated rings. The van der Waals surface area contributed by atoms with Gasteiger partial charge >= 0.3 is 0 Å². The van der Waals surface area contributed by atoms with E-state index in [1.807, 2.05) is 32.0 Å². The van der Waals surface area contributed by atoms with Crippen LogP contribution in [0.3, 0.4) is 0 Å². The van der Waals surface area contributed by atoms with Crippen molar-refractivity contribution in [3.05, 3.63) is 70.9 Å². The van der Waals surface area contributed by atoms with Gasteiger partial charge in [0.2, 0.25) is 16.0 Å². The topological polar surface area (TPSA) is 88.1 Å². The molecule has 1 unspecified atom stereocenters. The first-order chi connectivity index (χ1) is 14.7. The van der Waals surface area contributed by atoms with E-state index in [0.29, 0.717) is 42.4 Å². The lowest BCUT2D eigenvalue weighted by atomic mass is 10.1. The van der Waals surface area contributed by atoms with Crippen molar-refractivity contribution in [2.45, 2.75) is 44.6 Å². The van der Waals surface area contributed by atoms with E-state index in [0.717, 1.165) is 17.5 Å². The fourth-order valence-corrected chi connectivity index (χ4v) is 5.48. The minimum absolute atomic E-state index is 0.0413. The number of anilines is 2. The van der Waals surface area contributed by atoms with Crippen LogP contribution in [-0.4, -0.2) is 34.2 Å². The summed E-state index contributed by atoms with van der Waals surface area (Å²) in [4.78, 5) is 13.3. The van der Waals surface area contributed by atoms with Gasteiger partial charge in [-0.15, -0.1) is 0 Å². The van der Waals surface area contributed by atoms with Crippen LogP contribution in [0.15, 0.2) is 47.4 Å². The summed E-state index contributed by atoms with van der Waals surface area (Å²) in [5.41, 5.74) is 2.71. The number of halogens is 1. The van der Waals surface area contributed by atoms with Gasteiger partial charge in [0.05, 0.1) is 16.6 Å². The van der Waals surface area contributed by atoms with Crippen molar-refractivity contribution < 1.29 is 12.8 Å². The lowest BCUT2D eigenvalue weighted by Crippen LogP contribution is -2.31. The van der Waals surface area contributed by atoms with Crippen LogP contribution in [0.2, 0.25) is 0 Å². The summed E-state index contributed by atoms with van der Waals surface area (Å²) in [5.74, 6) is 0.441. The summed E-state index contributed by atoms with van der Waals surface area (Å²) < 4.78 is 41.9. The summed E-state index contributed by atoms with van der Waals surface area (Å²) in [7, 11) is -3.85. The van der Waals surface area contributed by atoms with Crippen molar-refractivity contribution in [3.8, 4) is 0 Å². The number of hydrogen-bond donors (Lipinski definition) is 1. The van der Waals surface area contributed by atoms with E-state index in [-0.39, 0.29) is 4.90 Å². The number of nitrogens with zero attached hydrogens (tertiary/aromatic N) is 4. The van der Waals surface area contributed by atoms with E-state index >= 15 is 0 Å². The Kier molecular flexibility index (Phi) is 5.72. The molecule has 3 aromatic rings. The smallest absolute Gasteiger partial charge is 0.243 e. The molecule has 1 aromatic carbocycles. The molecule has 2 aromatic heterocycles. The highest BCUT2D eigenvalue weighted by Gasteiger charge is 2.37. The molecule has 1 N–H and O–H groups in total. The standard InChI is InChI=1S/C22H24FN5O2S/c1-14-9-10-17(13-18(14)23)31(29,30)28-11-5-7-20(28)19-6-4-8-21(26-19)27-22-24-15(2)12-16(3)25-22/h4,6,8-10,12-13,20H,5,7,11H2,1-3H3,(H,24,25,26,27). The highest BCUT2D eigenvalue weighted by Crippen LogP contribution is 2.36. The van der Waals surface area contributed by atoms with Gasteiger partial charge in [0.15, 0.2) is 0 Å². The minimum Gasteiger partial charge on any atom is -0.309 e. The van der Waals surface area contributed by atoms with Gasteiger partial charge in [0, 0.05) is 17.9 Å². The third-order valence-electron chi connectivity index (χ3n) is 5.29. The van der Waals surface area contributed by atoms with Gasteiger partial charge < -0.3 is 5.32 Å². The Morgan fingerprint density at radius 2 is 1.77 bits per heavy atom. The minimum atomic E-state index is -3.85. The van der Waals surface area contributed by atoms with E-state index in [2.05, 4.69) is 20.3 Å². The first-order valence-electron chi connectivity index (χ1n) is 10.1. The van der Waals surface area contributed by atoms with Gasteiger partial charge in [-0.2, -0.15) is 4.31 Å². The molecule has 162 valence electrons. The third-order valence-corrected chi connectivity index (χ3v) is 7.19. The van der Waals surface area contributed by atoms with Gasteiger partial charge in [-0.1, -0.05) is 12.1 Å². The van der Waals surface area contributed by atoms with Crippen molar-refractivity contribution >= 4 is 21.8 Å². The molecule has 0 radical (unpaired) electrons. The molecule has 0 saturated carbocycles.